The minimum absolute atomic E-state index is 0.121. The molecule has 0 radical (unpaired) electrons. The number of nitro groups is 1. The predicted octanol–water partition coefficient (Wildman–Crippen LogP) is 1.97. The Hall–Kier alpha value is -2.13. The molecule has 90 valence electrons. The quantitative estimate of drug-likeness (QED) is 0.611. The molecule has 0 aliphatic carbocycles. The summed E-state index contributed by atoms with van der Waals surface area (Å²) in [7, 11) is 0. The molecule has 1 aromatic carbocycles. The van der Waals surface area contributed by atoms with Gasteiger partial charge in [-0.05, 0) is 12.5 Å². The smallest absolute Gasteiger partial charge is 0.312 e. The van der Waals surface area contributed by atoms with Gasteiger partial charge in [-0.15, -0.1) is 0 Å². The number of nitriles is 1. The molecule has 0 aliphatic heterocycles. The molecule has 17 heavy (non-hydrogen) atoms. The first-order valence-corrected chi connectivity index (χ1v) is 5.18. The van der Waals surface area contributed by atoms with E-state index in [1.807, 2.05) is 13.0 Å². The van der Waals surface area contributed by atoms with Crippen molar-refractivity contribution in [2.45, 2.75) is 25.8 Å². The molecule has 0 unspecified atom stereocenters. The van der Waals surface area contributed by atoms with E-state index in [4.69, 9.17) is 11.0 Å². The normalized spacial score (nSPS) is 11.8. The molecule has 1 aromatic rings. The van der Waals surface area contributed by atoms with E-state index in [0.29, 0.717) is 6.42 Å². The Bertz CT molecular complexity index is 480. The van der Waals surface area contributed by atoms with E-state index in [-0.39, 0.29) is 11.1 Å². The maximum Gasteiger partial charge on any atom is 0.312 e. The van der Waals surface area contributed by atoms with Crippen LogP contribution < -0.4 is 5.73 Å². The molecule has 1 rings (SSSR count). The average molecular weight is 235 g/mol. The third-order valence-corrected chi connectivity index (χ3v) is 2.44. The topological polar surface area (TPSA) is 113 Å². The lowest BCUT2D eigenvalue weighted by molar-refractivity contribution is -0.386. The summed E-state index contributed by atoms with van der Waals surface area (Å²) in [4.78, 5) is 9.99. The van der Waals surface area contributed by atoms with Crippen LogP contribution in [-0.4, -0.2) is 10.0 Å². The van der Waals surface area contributed by atoms with E-state index in [1.165, 1.54) is 6.07 Å². The maximum atomic E-state index is 10.7. The van der Waals surface area contributed by atoms with Crippen LogP contribution in [0.25, 0.3) is 0 Å². The molecule has 0 fully saturated rings. The lowest BCUT2D eigenvalue weighted by Gasteiger charge is -2.12. The molecular weight excluding hydrogens is 222 g/mol. The van der Waals surface area contributed by atoms with Crippen LogP contribution in [0.4, 0.5) is 5.69 Å². The monoisotopic (exact) mass is 235 g/mol. The number of hydrogen-bond acceptors (Lipinski definition) is 5. The van der Waals surface area contributed by atoms with Gasteiger partial charge in [-0.3, -0.25) is 10.1 Å². The Balaban J connectivity index is 3.34. The number of nitro benzene ring substituents is 1. The van der Waals surface area contributed by atoms with Gasteiger partial charge in [0, 0.05) is 17.7 Å². The number of benzene rings is 1. The van der Waals surface area contributed by atoms with Crippen molar-refractivity contribution in [3.8, 4) is 11.8 Å². The van der Waals surface area contributed by atoms with E-state index >= 15 is 0 Å². The lowest BCUT2D eigenvalue weighted by Crippen LogP contribution is -2.11. The van der Waals surface area contributed by atoms with Crippen LogP contribution in [0.2, 0.25) is 0 Å². The first-order valence-electron chi connectivity index (χ1n) is 5.18. The summed E-state index contributed by atoms with van der Waals surface area (Å²) in [6.45, 7) is 1.92. The zero-order chi connectivity index (χ0) is 13.0. The minimum atomic E-state index is -0.724. The molecule has 1 atom stereocenters. The first-order chi connectivity index (χ1) is 8.01. The first kappa shape index (κ1) is 12.9. The fourth-order valence-corrected chi connectivity index (χ4v) is 1.59. The summed E-state index contributed by atoms with van der Waals surface area (Å²) >= 11 is 0. The van der Waals surface area contributed by atoms with Crippen LogP contribution in [0.5, 0.6) is 5.75 Å². The molecular formula is C11H13N3O3. The number of nitrogens with zero attached hydrogens (tertiary/aromatic N) is 2. The van der Waals surface area contributed by atoms with Gasteiger partial charge in [-0.25, -0.2) is 0 Å². The fraction of sp³-hybridized carbons (Fsp3) is 0.364. The summed E-state index contributed by atoms with van der Waals surface area (Å²) in [5.41, 5.74) is 5.70. The largest absolute Gasteiger partial charge is 0.502 e. The lowest BCUT2D eigenvalue weighted by atomic mass is 9.99. The minimum Gasteiger partial charge on any atom is -0.502 e. The molecule has 0 spiro atoms. The van der Waals surface area contributed by atoms with Gasteiger partial charge in [0.25, 0.3) is 0 Å². The van der Waals surface area contributed by atoms with Gasteiger partial charge in [-0.1, -0.05) is 13.3 Å². The van der Waals surface area contributed by atoms with Crippen LogP contribution in [-0.2, 0) is 0 Å². The van der Waals surface area contributed by atoms with E-state index in [2.05, 4.69) is 0 Å². The zero-order valence-electron chi connectivity index (χ0n) is 9.38. The number of phenolic OH excluding ortho intramolecular Hbond substituents is 1. The Morgan fingerprint density at radius 2 is 2.29 bits per heavy atom. The number of rotatable bonds is 4. The highest BCUT2D eigenvalue weighted by Gasteiger charge is 2.22. The molecule has 0 saturated heterocycles. The summed E-state index contributed by atoms with van der Waals surface area (Å²) < 4.78 is 0. The van der Waals surface area contributed by atoms with Crippen molar-refractivity contribution in [1.82, 2.24) is 0 Å². The maximum absolute atomic E-state index is 10.7. The standard InChI is InChI=1S/C11H13N3O3/c1-2-3-9(13)8-4-7(6-12)5-10(11(8)15)14(16)17/h4-5,9,15H,2-3,13H2,1H3/t9-/m0/s1. The van der Waals surface area contributed by atoms with Gasteiger partial charge in [-0.2, -0.15) is 5.26 Å². The molecule has 0 saturated carbocycles. The van der Waals surface area contributed by atoms with Crippen LogP contribution in [0.3, 0.4) is 0 Å². The van der Waals surface area contributed by atoms with Crippen molar-refractivity contribution in [2.24, 2.45) is 5.73 Å². The number of phenols is 1. The second-order valence-electron chi connectivity index (χ2n) is 3.70. The highest BCUT2D eigenvalue weighted by molar-refractivity contribution is 5.56. The Morgan fingerprint density at radius 3 is 2.76 bits per heavy atom. The SMILES string of the molecule is CCC[C@H](N)c1cc(C#N)cc([N+](=O)[O-])c1O. The van der Waals surface area contributed by atoms with Gasteiger partial charge in [0.2, 0.25) is 0 Å². The van der Waals surface area contributed by atoms with Gasteiger partial charge >= 0.3 is 5.69 Å². The van der Waals surface area contributed by atoms with Gasteiger partial charge in [0.15, 0.2) is 5.75 Å². The van der Waals surface area contributed by atoms with E-state index in [1.54, 1.807) is 0 Å². The predicted molar refractivity (Wildman–Crippen MR) is 61.3 cm³/mol. The van der Waals surface area contributed by atoms with Crippen LogP contribution >= 0.6 is 0 Å². The van der Waals surface area contributed by atoms with Gasteiger partial charge in [0.05, 0.1) is 16.6 Å². The molecule has 0 heterocycles. The van der Waals surface area contributed by atoms with Crippen molar-refractivity contribution in [3.63, 3.8) is 0 Å². The van der Waals surface area contributed by atoms with Crippen LogP contribution in [0.15, 0.2) is 12.1 Å². The third-order valence-electron chi connectivity index (χ3n) is 2.44. The number of nitrogens with two attached hydrogens (primary N) is 1. The summed E-state index contributed by atoms with van der Waals surface area (Å²) in [5, 5.41) is 29.2. The van der Waals surface area contributed by atoms with E-state index in [9.17, 15) is 15.2 Å². The average Bonchev–Trinajstić information content (AvgIpc) is 2.29. The Labute approximate surface area is 98.4 Å². The molecule has 0 aromatic heterocycles. The summed E-state index contributed by atoms with van der Waals surface area (Å²) in [6, 6.07) is 3.74. The molecule has 0 aliphatic rings. The van der Waals surface area contributed by atoms with Gasteiger partial charge < -0.3 is 10.8 Å². The molecule has 0 bridgehead atoms. The van der Waals surface area contributed by atoms with Crippen LogP contribution in [0, 0.1) is 21.4 Å². The van der Waals surface area contributed by atoms with Crippen molar-refractivity contribution in [1.29, 1.82) is 5.26 Å². The molecule has 6 heteroatoms. The third kappa shape index (κ3) is 2.71. The van der Waals surface area contributed by atoms with E-state index < -0.39 is 22.4 Å². The van der Waals surface area contributed by atoms with Gasteiger partial charge in [0.1, 0.15) is 0 Å². The summed E-state index contributed by atoms with van der Waals surface area (Å²) in [6.07, 6.45) is 1.37. The second kappa shape index (κ2) is 5.27. The van der Waals surface area contributed by atoms with Crippen molar-refractivity contribution < 1.29 is 10.0 Å². The second-order valence-corrected chi connectivity index (χ2v) is 3.70. The Kier molecular flexibility index (Phi) is 4.01. The number of hydrogen-bond donors (Lipinski definition) is 2. The summed E-state index contributed by atoms with van der Waals surface area (Å²) in [5.74, 6) is -0.449. The molecule has 3 N–H and O–H groups in total. The van der Waals surface area contributed by atoms with Crippen molar-refractivity contribution in [3.05, 3.63) is 33.4 Å². The molecule has 6 nitrogen and oxygen atoms in total. The van der Waals surface area contributed by atoms with Crippen molar-refractivity contribution in [2.75, 3.05) is 0 Å². The Morgan fingerprint density at radius 1 is 1.65 bits per heavy atom. The zero-order valence-corrected chi connectivity index (χ0v) is 9.38. The molecule has 0 amide bonds. The van der Waals surface area contributed by atoms with Crippen molar-refractivity contribution >= 4 is 5.69 Å². The van der Waals surface area contributed by atoms with E-state index in [0.717, 1.165) is 12.5 Å². The number of aromatic hydroxyl groups is 1. The highest BCUT2D eigenvalue weighted by Crippen LogP contribution is 2.35. The van der Waals surface area contributed by atoms with Crippen LogP contribution in [0.1, 0.15) is 36.9 Å². The highest BCUT2D eigenvalue weighted by atomic mass is 16.6. The fourth-order valence-electron chi connectivity index (χ4n) is 1.59.